The quantitative estimate of drug-likeness (QED) is 0.660. The molecular weight excluding hydrogens is 252 g/mol. The minimum Gasteiger partial charge on any atom is -0.480 e. The Balaban J connectivity index is 2.44. The number of hydrogen-bond donors (Lipinski definition) is 3. The maximum Gasteiger partial charge on any atom is 0.329 e. The number of nitrogens with one attached hydrogen (secondary N) is 2. The molecule has 0 aliphatic heterocycles. The van der Waals surface area contributed by atoms with Crippen molar-refractivity contribution in [1.29, 1.82) is 0 Å². The van der Waals surface area contributed by atoms with E-state index in [1.807, 2.05) is 6.92 Å². The number of amides is 2. The molecule has 2 atom stereocenters. The van der Waals surface area contributed by atoms with Gasteiger partial charge in [-0.15, -0.1) is 0 Å². The first kappa shape index (κ1) is 15.1. The number of rotatable bonds is 7. The van der Waals surface area contributed by atoms with Crippen molar-refractivity contribution >= 4 is 23.8 Å². The predicted octanol–water partition coefficient (Wildman–Crippen LogP) is 1.68. The van der Waals surface area contributed by atoms with E-state index in [-0.39, 0.29) is 12.0 Å². The summed E-state index contributed by atoms with van der Waals surface area (Å²) in [7, 11) is 0. The fraction of sp³-hybridized carbons (Fsp3) is 0.833. The van der Waals surface area contributed by atoms with E-state index in [4.69, 9.17) is 0 Å². The van der Waals surface area contributed by atoms with Crippen LogP contribution in [0.4, 0.5) is 4.79 Å². The Kier molecular flexibility index (Phi) is 5.31. The summed E-state index contributed by atoms with van der Waals surface area (Å²) in [5.41, 5.74) is -1.14. The second kappa shape index (κ2) is 6.31. The van der Waals surface area contributed by atoms with Crippen LogP contribution < -0.4 is 10.6 Å². The Labute approximate surface area is 112 Å². The van der Waals surface area contributed by atoms with Gasteiger partial charge in [0.25, 0.3) is 0 Å². The number of carbonyl (C=O) groups is 2. The van der Waals surface area contributed by atoms with Gasteiger partial charge in [-0.25, -0.2) is 9.59 Å². The summed E-state index contributed by atoms with van der Waals surface area (Å²) in [4.78, 5) is 23.0. The lowest BCUT2D eigenvalue weighted by atomic mass is 9.96. The van der Waals surface area contributed by atoms with Gasteiger partial charge in [-0.05, 0) is 38.4 Å². The van der Waals surface area contributed by atoms with E-state index in [1.165, 1.54) is 0 Å². The van der Waals surface area contributed by atoms with Crippen LogP contribution in [0.15, 0.2) is 0 Å². The van der Waals surface area contributed by atoms with Gasteiger partial charge in [-0.3, -0.25) is 0 Å². The number of aliphatic carboxylic acids is 1. The molecule has 1 aliphatic carbocycles. The maximum absolute atomic E-state index is 11.8. The van der Waals surface area contributed by atoms with Crippen LogP contribution in [0.2, 0.25) is 0 Å². The molecule has 1 saturated carbocycles. The average Bonchev–Trinajstić information content (AvgIpc) is 3.09. The molecule has 0 aromatic heterocycles. The SMILES string of the molecule is CCSCC(C)NC(=O)NC(C)(C(=O)O)C1CC1. The van der Waals surface area contributed by atoms with Crippen LogP contribution in [0.25, 0.3) is 0 Å². The van der Waals surface area contributed by atoms with Gasteiger partial charge < -0.3 is 15.7 Å². The summed E-state index contributed by atoms with van der Waals surface area (Å²) in [5.74, 6) is 0.927. The van der Waals surface area contributed by atoms with Gasteiger partial charge in [0.1, 0.15) is 5.54 Å². The van der Waals surface area contributed by atoms with Gasteiger partial charge in [-0.2, -0.15) is 11.8 Å². The highest BCUT2D eigenvalue weighted by Gasteiger charge is 2.48. The first-order chi connectivity index (χ1) is 8.40. The van der Waals surface area contributed by atoms with Crippen LogP contribution in [-0.4, -0.2) is 40.2 Å². The van der Waals surface area contributed by atoms with Crippen molar-refractivity contribution in [2.75, 3.05) is 11.5 Å². The molecule has 0 aromatic rings. The molecule has 0 heterocycles. The largest absolute Gasteiger partial charge is 0.480 e. The molecule has 1 aliphatic rings. The maximum atomic E-state index is 11.8. The summed E-state index contributed by atoms with van der Waals surface area (Å²) in [5, 5.41) is 14.6. The van der Waals surface area contributed by atoms with Crippen molar-refractivity contribution in [3.8, 4) is 0 Å². The molecule has 0 spiro atoms. The van der Waals surface area contributed by atoms with E-state index in [0.29, 0.717) is 0 Å². The zero-order valence-corrected chi connectivity index (χ0v) is 12.0. The Morgan fingerprint density at radius 3 is 2.56 bits per heavy atom. The lowest BCUT2D eigenvalue weighted by molar-refractivity contribution is -0.144. The molecule has 0 saturated heterocycles. The van der Waals surface area contributed by atoms with Crippen molar-refractivity contribution in [3.63, 3.8) is 0 Å². The zero-order valence-electron chi connectivity index (χ0n) is 11.2. The standard InChI is InChI=1S/C12H22N2O3S/c1-4-18-7-8(2)13-11(17)14-12(3,10(15)16)9-5-6-9/h8-9H,4-7H2,1-3H3,(H,15,16)(H2,13,14,17). The monoisotopic (exact) mass is 274 g/mol. The lowest BCUT2D eigenvalue weighted by Gasteiger charge is -2.27. The van der Waals surface area contributed by atoms with Crippen LogP contribution in [0.5, 0.6) is 0 Å². The van der Waals surface area contributed by atoms with Gasteiger partial charge in [0, 0.05) is 11.8 Å². The highest BCUT2D eigenvalue weighted by atomic mass is 32.2. The Bertz CT molecular complexity index is 320. The highest BCUT2D eigenvalue weighted by Crippen LogP contribution is 2.39. The molecule has 18 heavy (non-hydrogen) atoms. The third-order valence-electron chi connectivity index (χ3n) is 3.16. The van der Waals surface area contributed by atoms with Crippen LogP contribution in [0.1, 0.15) is 33.6 Å². The van der Waals surface area contributed by atoms with Crippen LogP contribution >= 0.6 is 11.8 Å². The van der Waals surface area contributed by atoms with Crippen molar-refractivity contribution in [2.45, 2.75) is 45.2 Å². The van der Waals surface area contributed by atoms with Crippen LogP contribution in [0.3, 0.4) is 0 Å². The van der Waals surface area contributed by atoms with Crippen LogP contribution in [0, 0.1) is 5.92 Å². The summed E-state index contributed by atoms with van der Waals surface area (Å²) < 4.78 is 0. The molecule has 3 N–H and O–H groups in total. The van der Waals surface area contributed by atoms with E-state index >= 15 is 0 Å². The minimum atomic E-state index is -1.14. The van der Waals surface area contributed by atoms with Gasteiger partial charge >= 0.3 is 12.0 Å². The third-order valence-corrected chi connectivity index (χ3v) is 4.30. The third kappa shape index (κ3) is 4.08. The van der Waals surface area contributed by atoms with Gasteiger partial charge in [0.2, 0.25) is 0 Å². The van der Waals surface area contributed by atoms with E-state index in [2.05, 4.69) is 17.6 Å². The molecule has 2 unspecified atom stereocenters. The molecule has 2 amide bonds. The Hall–Kier alpha value is -0.910. The van der Waals surface area contributed by atoms with Gasteiger partial charge in [0.05, 0.1) is 0 Å². The number of thioether (sulfide) groups is 1. The minimum absolute atomic E-state index is 0.0344. The zero-order chi connectivity index (χ0) is 13.8. The first-order valence-corrected chi connectivity index (χ1v) is 7.45. The summed E-state index contributed by atoms with van der Waals surface area (Å²) in [6.07, 6.45) is 1.73. The molecule has 104 valence electrons. The predicted molar refractivity (Wildman–Crippen MR) is 72.9 cm³/mol. The lowest BCUT2D eigenvalue weighted by Crippen LogP contribution is -2.58. The van der Waals surface area contributed by atoms with E-state index < -0.39 is 17.5 Å². The fourth-order valence-electron chi connectivity index (χ4n) is 1.82. The smallest absolute Gasteiger partial charge is 0.329 e. The van der Waals surface area contributed by atoms with Crippen molar-refractivity contribution in [3.05, 3.63) is 0 Å². The number of hydrogen-bond acceptors (Lipinski definition) is 3. The second-order valence-electron chi connectivity index (χ2n) is 4.94. The van der Waals surface area contributed by atoms with Crippen LogP contribution in [-0.2, 0) is 4.79 Å². The topological polar surface area (TPSA) is 78.4 Å². The highest BCUT2D eigenvalue weighted by molar-refractivity contribution is 7.99. The van der Waals surface area contributed by atoms with Crippen molar-refractivity contribution in [2.24, 2.45) is 5.92 Å². The molecule has 0 aromatic carbocycles. The number of urea groups is 1. The molecule has 6 heteroatoms. The van der Waals surface area contributed by atoms with E-state index in [9.17, 15) is 14.7 Å². The van der Waals surface area contributed by atoms with Crippen molar-refractivity contribution < 1.29 is 14.7 Å². The molecule has 1 rings (SSSR count). The van der Waals surface area contributed by atoms with E-state index in [1.54, 1.807) is 18.7 Å². The summed E-state index contributed by atoms with van der Waals surface area (Å²) >= 11 is 1.74. The normalized spacial score (nSPS) is 19.7. The molecule has 0 radical (unpaired) electrons. The number of carboxylic acids is 1. The first-order valence-electron chi connectivity index (χ1n) is 6.30. The van der Waals surface area contributed by atoms with Crippen molar-refractivity contribution in [1.82, 2.24) is 10.6 Å². The Morgan fingerprint density at radius 2 is 2.11 bits per heavy atom. The molecule has 5 nitrogen and oxygen atoms in total. The number of carboxylic acid groups (broad SMARTS) is 1. The summed E-state index contributed by atoms with van der Waals surface area (Å²) in [6, 6.07) is -0.358. The average molecular weight is 274 g/mol. The van der Waals surface area contributed by atoms with Gasteiger partial charge in [-0.1, -0.05) is 6.92 Å². The van der Waals surface area contributed by atoms with E-state index in [0.717, 1.165) is 24.3 Å². The Morgan fingerprint density at radius 1 is 1.50 bits per heavy atom. The summed E-state index contributed by atoms with van der Waals surface area (Å²) in [6.45, 7) is 5.56. The van der Waals surface area contributed by atoms with Gasteiger partial charge in [0.15, 0.2) is 0 Å². The second-order valence-corrected chi connectivity index (χ2v) is 6.26. The number of carbonyl (C=O) groups excluding carboxylic acids is 1. The fourth-order valence-corrected chi connectivity index (χ4v) is 2.50. The molecule has 1 fully saturated rings. The molecular formula is C12H22N2O3S. The molecule has 0 bridgehead atoms.